The first kappa shape index (κ1) is 16.9. The summed E-state index contributed by atoms with van der Waals surface area (Å²) < 4.78 is 5.78. The van der Waals surface area contributed by atoms with E-state index in [9.17, 15) is 0 Å². The Morgan fingerprint density at radius 1 is 1.08 bits per heavy atom. The first-order valence-corrected chi connectivity index (χ1v) is 9.29. The maximum Gasteiger partial charge on any atom is 0.115 e. The van der Waals surface area contributed by atoms with Crippen LogP contribution in [0.2, 0.25) is 0 Å². The number of hydrogen-bond donors (Lipinski definition) is 1. The minimum absolute atomic E-state index is 0.0422. The van der Waals surface area contributed by atoms with Crippen LogP contribution in [0.15, 0.2) is 53.4 Å². The van der Waals surface area contributed by atoms with Gasteiger partial charge in [0.15, 0.2) is 0 Å². The molecule has 24 heavy (non-hydrogen) atoms. The van der Waals surface area contributed by atoms with Gasteiger partial charge in [0.1, 0.15) is 5.82 Å². The highest BCUT2D eigenvalue weighted by Crippen LogP contribution is 2.29. The van der Waals surface area contributed by atoms with Gasteiger partial charge in [-0.05, 0) is 48.7 Å². The highest BCUT2D eigenvalue weighted by atomic mass is 32.2. The van der Waals surface area contributed by atoms with Crippen LogP contribution in [0.4, 0.5) is 5.69 Å². The summed E-state index contributed by atoms with van der Waals surface area (Å²) in [5.41, 5.74) is 3.41. The molecule has 4 heteroatoms. The Morgan fingerprint density at radius 3 is 2.50 bits per heavy atom. The van der Waals surface area contributed by atoms with Crippen molar-refractivity contribution in [1.82, 2.24) is 9.55 Å². The van der Waals surface area contributed by atoms with Gasteiger partial charge in [0, 0.05) is 22.5 Å². The predicted molar refractivity (Wildman–Crippen MR) is 105 cm³/mol. The summed E-state index contributed by atoms with van der Waals surface area (Å²) in [5, 5.41) is 0. The van der Waals surface area contributed by atoms with E-state index in [1.165, 1.54) is 10.4 Å². The summed E-state index contributed by atoms with van der Waals surface area (Å²) in [6, 6.07) is 16.8. The van der Waals surface area contributed by atoms with E-state index in [4.69, 9.17) is 4.98 Å². The summed E-state index contributed by atoms with van der Waals surface area (Å²) in [6.45, 7) is 9.90. The summed E-state index contributed by atoms with van der Waals surface area (Å²) >= 11 is 1.62. The molecule has 0 aliphatic rings. The van der Waals surface area contributed by atoms with Gasteiger partial charge in [0.2, 0.25) is 0 Å². The lowest BCUT2D eigenvalue weighted by atomic mass is 9.95. The molecule has 0 radical (unpaired) electrons. The maximum atomic E-state index is 4.93. The largest absolute Gasteiger partial charge is 0.328 e. The number of nitrogens with one attached hydrogen (secondary N) is 1. The molecule has 1 aromatic heterocycles. The third kappa shape index (κ3) is 3.59. The fraction of sp³-hybridized carbons (Fsp3) is 0.350. The van der Waals surface area contributed by atoms with Crippen LogP contribution in [-0.4, -0.2) is 9.55 Å². The molecule has 0 fully saturated rings. The third-order valence-corrected chi connectivity index (χ3v) is 4.74. The van der Waals surface area contributed by atoms with E-state index >= 15 is 0 Å². The molecule has 3 rings (SSSR count). The molecule has 1 N–H and O–H groups in total. The highest BCUT2D eigenvalue weighted by molar-refractivity contribution is 8.00. The Kier molecular flexibility index (Phi) is 4.86. The first-order valence-electron chi connectivity index (χ1n) is 8.47. The molecular weight excluding hydrogens is 314 g/mol. The molecule has 2 aromatic carbocycles. The fourth-order valence-corrected chi connectivity index (χ4v) is 3.48. The molecule has 1 heterocycles. The third-order valence-electron chi connectivity index (χ3n) is 3.90. The van der Waals surface area contributed by atoms with Crippen LogP contribution in [-0.2, 0) is 12.0 Å². The van der Waals surface area contributed by atoms with Crippen molar-refractivity contribution in [2.75, 3.05) is 4.72 Å². The molecule has 0 aliphatic carbocycles. The zero-order valence-electron chi connectivity index (χ0n) is 14.8. The molecule has 126 valence electrons. The van der Waals surface area contributed by atoms with E-state index in [1.54, 1.807) is 11.9 Å². The molecule has 0 unspecified atom stereocenters. The lowest BCUT2D eigenvalue weighted by molar-refractivity contribution is 0.501. The number of aromatic nitrogens is 2. The van der Waals surface area contributed by atoms with Crippen molar-refractivity contribution < 1.29 is 0 Å². The zero-order chi connectivity index (χ0) is 17.2. The molecule has 3 nitrogen and oxygen atoms in total. The summed E-state index contributed by atoms with van der Waals surface area (Å²) in [5.74, 6) is 1.16. The molecule has 0 saturated carbocycles. The van der Waals surface area contributed by atoms with Crippen molar-refractivity contribution in [3.8, 4) is 0 Å². The summed E-state index contributed by atoms with van der Waals surface area (Å²) in [4.78, 5) is 6.13. The number of imidazole rings is 1. The average molecular weight is 340 g/mol. The second kappa shape index (κ2) is 6.89. The molecule has 0 amide bonds. The van der Waals surface area contributed by atoms with Crippen molar-refractivity contribution in [2.24, 2.45) is 0 Å². The number of rotatable bonds is 5. The van der Waals surface area contributed by atoms with Crippen LogP contribution >= 0.6 is 11.9 Å². The monoisotopic (exact) mass is 339 g/mol. The predicted octanol–water partition coefficient (Wildman–Crippen LogP) is 5.86. The van der Waals surface area contributed by atoms with Gasteiger partial charge in [0.25, 0.3) is 0 Å². The SMILES string of the molecule is CCCn1c(C(C)(C)C)nc2cc(NSc3ccccc3)ccc21. The molecule has 3 aromatic rings. The van der Waals surface area contributed by atoms with Crippen LogP contribution in [0.3, 0.4) is 0 Å². The van der Waals surface area contributed by atoms with Crippen LogP contribution in [0, 0.1) is 0 Å². The topological polar surface area (TPSA) is 29.9 Å². The van der Waals surface area contributed by atoms with Crippen LogP contribution in [0.5, 0.6) is 0 Å². The van der Waals surface area contributed by atoms with Crippen LogP contribution in [0.25, 0.3) is 11.0 Å². The Bertz CT molecular complexity index is 816. The van der Waals surface area contributed by atoms with Crippen molar-refractivity contribution in [2.45, 2.75) is 51.0 Å². The minimum Gasteiger partial charge on any atom is -0.328 e. The van der Waals surface area contributed by atoms with E-state index in [1.807, 2.05) is 6.07 Å². The lowest BCUT2D eigenvalue weighted by Crippen LogP contribution is -2.19. The van der Waals surface area contributed by atoms with Crippen LogP contribution in [0.1, 0.15) is 39.9 Å². The van der Waals surface area contributed by atoms with Crippen LogP contribution < -0.4 is 4.72 Å². The standard InChI is InChI=1S/C20H25N3S/c1-5-13-23-18-12-11-15(22-24-16-9-7-6-8-10-16)14-17(18)21-19(23)20(2,3)4/h6-12,14,22H,5,13H2,1-4H3. The normalized spacial score (nSPS) is 11.8. The lowest BCUT2D eigenvalue weighted by Gasteiger charge is -2.19. The van der Waals surface area contributed by atoms with Crippen molar-refractivity contribution in [1.29, 1.82) is 0 Å². The Morgan fingerprint density at radius 2 is 1.83 bits per heavy atom. The number of hydrogen-bond acceptors (Lipinski definition) is 3. The minimum atomic E-state index is 0.0422. The summed E-state index contributed by atoms with van der Waals surface area (Å²) in [6.07, 6.45) is 1.11. The van der Waals surface area contributed by atoms with E-state index in [0.717, 1.165) is 30.0 Å². The molecule has 0 atom stereocenters. The Hall–Kier alpha value is -1.94. The number of nitrogens with zero attached hydrogens (tertiary/aromatic N) is 2. The Labute approximate surface area is 148 Å². The van der Waals surface area contributed by atoms with Gasteiger partial charge in [0.05, 0.1) is 11.0 Å². The average Bonchev–Trinajstić information content (AvgIpc) is 2.93. The first-order chi connectivity index (χ1) is 11.5. The summed E-state index contributed by atoms with van der Waals surface area (Å²) in [7, 11) is 0. The van der Waals surface area contributed by atoms with Gasteiger partial charge in [-0.25, -0.2) is 4.98 Å². The fourth-order valence-electron chi connectivity index (χ4n) is 2.82. The van der Waals surface area contributed by atoms with Gasteiger partial charge >= 0.3 is 0 Å². The number of fused-ring (bicyclic) bond motifs is 1. The zero-order valence-corrected chi connectivity index (χ0v) is 15.7. The van der Waals surface area contributed by atoms with Gasteiger partial charge in [-0.3, -0.25) is 0 Å². The van der Waals surface area contributed by atoms with E-state index in [2.05, 4.69) is 79.4 Å². The smallest absolute Gasteiger partial charge is 0.115 e. The molecule has 0 bridgehead atoms. The number of anilines is 1. The maximum absolute atomic E-state index is 4.93. The van der Waals surface area contributed by atoms with Gasteiger partial charge < -0.3 is 9.29 Å². The molecule has 0 spiro atoms. The number of aryl methyl sites for hydroxylation is 1. The highest BCUT2D eigenvalue weighted by Gasteiger charge is 2.22. The van der Waals surface area contributed by atoms with Gasteiger partial charge in [-0.2, -0.15) is 0 Å². The van der Waals surface area contributed by atoms with E-state index in [0.29, 0.717) is 0 Å². The van der Waals surface area contributed by atoms with E-state index in [-0.39, 0.29) is 5.41 Å². The quantitative estimate of drug-likeness (QED) is 0.590. The van der Waals surface area contributed by atoms with Gasteiger partial charge in [-0.15, -0.1) is 0 Å². The molecular formula is C20H25N3S. The van der Waals surface area contributed by atoms with Crippen molar-refractivity contribution in [3.63, 3.8) is 0 Å². The Balaban J connectivity index is 1.90. The van der Waals surface area contributed by atoms with Crippen molar-refractivity contribution >= 4 is 28.7 Å². The second-order valence-electron chi connectivity index (χ2n) is 7.06. The van der Waals surface area contributed by atoms with E-state index < -0.39 is 0 Å². The van der Waals surface area contributed by atoms with Gasteiger partial charge in [-0.1, -0.05) is 45.9 Å². The molecule has 0 saturated heterocycles. The second-order valence-corrected chi connectivity index (χ2v) is 7.94. The number of benzene rings is 2. The van der Waals surface area contributed by atoms with Crippen molar-refractivity contribution in [3.05, 3.63) is 54.4 Å². The molecule has 0 aliphatic heterocycles.